The van der Waals surface area contributed by atoms with Crippen LogP contribution in [0, 0.1) is 20.8 Å². The van der Waals surface area contributed by atoms with E-state index in [-0.39, 0.29) is 5.91 Å². The normalized spacial score (nSPS) is 10.7. The van der Waals surface area contributed by atoms with Crippen molar-refractivity contribution in [2.24, 2.45) is 0 Å². The molecule has 0 fully saturated rings. The van der Waals surface area contributed by atoms with Gasteiger partial charge in [-0.1, -0.05) is 29.8 Å². The molecule has 0 spiro atoms. The Labute approximate surface area is 187 Å². The fourth-order valence-corrected chi connectivity index (χ4v) is 3.42. The molecule has 1 amide bonds. The van der Waals surface area contributed by atoms with Crippen LogP contribution < -0.4 is 10.1 Å². The van der Waals surface area contributed by atoms with E-state index in [4.69, 9.17) is 4.74 Å². The second kappa shape index (κ2) is 9.43. The first-order chi connectivity index (χ1) is 15.5. The van der Waals surface area contributed by atoms with E-state index < -0.39 is 0 Å². The Morgan fingerprint density at radius 3 is 2.44 bits per heavy atom. The number of carbonyl (C=O) groups excluding carboxylic acids is 1. The van der Waals surface area contributed by atoms with Crippen LogP contribution in [0.5, 0.6) is 11.6 Å². The molecule has 0 aliphatic heterocycles. The first-order valence-corrected chi connectivity index (χ1v) is 10.5. The molecule has 0 bridgehead atoms. The van der Waals surface area contributed by atoms with Gasteiger partial charge in [-0.25, -0.2) is 4.68 Å². The quantitative estimate of drug-likeness (QED) is 0.451. The van der Waals surface area contributed by atoms with Crippen LogP contribution in [0.2, 0.25) is 0 Å². The summed E-state index contributed by atoms with van der Waals surface area (Å²) in [4.78, 5) is 12.3. The average Bonchev–Trinajstić information content (AvgIpc) is 3.12. The monoisotopic (exact) mass is 427 g/mol. The molecule has 162 valence electrons. The minimum absolute atomic E-state index is 0.0224. The third-order valence-electron chi connectivity index (χ3n) is 4.94. The molecule has 7 nitrogen and oxygen atoms in total. The lowest BCUT2D eigenvalue weighted by Crippen LogP contribution is -2.12. The third kappa shape index (κ3) is 5.37. The molecular formula is C25H25N5O2. The van der Waals surface area contributed by atoms with Gasteiger partial charge in [0.1, 0.15) is 5.75 Å². The predicted molar refractivity (Wildman–Crippen MR) is 123 cm³/mol. The predicted octanol–water partition coefficient (Wildman–Crippen LogP) is 4.95. The van der Waals surface area contributed by atoms with E-state index in [1.165, 1.54) is 5.56 Å². The van der Waals surface area contributed by atoms with Crippen LogP contribution in [-0.4, -0.2) is 25.9 Å². The van der Waals surface area contributed by atoms with Gasteiger partial charge in [-0.3, -0.25) is 4.79 Å². The minimum Gasteiger partial charge on any atom is -0.438 e. The number of aromatic nitrogens is 4. The molecule has 7 heteroatoms. The van der Waals surface area contributed by atoms with Crippen molar-refractivity contribution in [3.05, 3.63) is 89.2 Å². The largest absolute Gasteiger partial charge is 0.438 e. The molecule has 2 aromatic heterocycles. The van der Waals surface area contributed by atoms with Crippen LogP contribution in [-0.2, 0) is 11.2 Å². The number of benzene rings is 2. The summed E-state index contributed by atoms with van der Waals surface area (Å²) in [5.74, 6) is 1.60. The van der Waals surface area contributed by atoms with Crippen LogP contribution in [0.25, 0.3) is 5.82 Å². The van der Waals surface area contributed by atoms with Gasteiger partial charge in [0, 0.05) is 23.9 Å². The highest BCUT2D eigenvalue weighted by Gasteiger charge is 2.08. The summed E-state index contributed by atoms with van der Waals surface area (Å²) < 4.78 is 7.50. The Kier molecular flexibility index (Phi) is 6.26. The Morgan fingerprint density at radius 2 is 1.78 bits per heavy atom. The Bertz CT molecular complexity index is 1210. The maximum absolute atomic E-state index is 12.3. The summed E-state index contributed by atoms with van der Waals surface area (Å²) in [5, 5.41) is 15.6. The number of nitrogens with one attached hydrogen (secondary N) is 1. The van der Waals surface area contributed by atoms with Crippen LogP contribution in [0.15, 0.2) is 66.7 Å². The SMILES string of the molecule is Cc1cccc(CCC(=O)Nc2ccc(Oc3ccc(-n4nc(C)cc4C)nn3)cc2)c1. The number of aryl methyl sites for hydroxylation is 4. The number of hydrogen-bond donors (Lipinski definition) is 1. The minimum atomic E-state index is -0.0224. The molecule has 0 aliphatic rings. The van der Waals surface area contributed by atoms with Crippen molar-refractivity contribution in [3.8, 4) is 17.4 Å². The average molecular weight is 428 g/mol. The highest BCUT2D eigenvalue weighted by atomic mass is 16.5. The van der Waals surface area contributed by atoms with Gasteiger partial charge < -0.3 is 10.1 Å². The van der Waals surface area contributed by atoms with Gasteiger partial charge in [-0.15, -0.1) is 10.2 Å². The van der Waals surface area contributed by atoms with E-state index in [1.807, 2.05) is 51.1 Å². The molecule has 0 atom stereocenters. The van der Waals surface area contributed by atoms with E-state index in [0.717, 1.165) is 22.6 Å². The van der Waals surface area contributed by atoms with E-state index in [0.29, 0.717) is 30.3 Å². The Balaban J connectivity index is 1.31. The molecule has 4 rings (SSSR count). The number of carbonyl (C=O) groups is 1. The first-order valence-electron chi connectivity index (χ1n) is 10.5. The van der Waals surface area contributed by atoms with Crippen molar-refractivity contribution in [1.29, 1.82) is 0 Å². The van der Waals surface area contributed by atoms with Crippen molar-refractivity contribution in [3.63, 3.8) is 0 Å². The van der Waals surface area contributed by atoms with Gasteiger partial charge in [0.25, 0.3) is 0 Å². The molecule has 0 radical (unpaired) electrons. The van der Waals surface area contributed by atoms with Crippen LogP contribution in [0.4, 0.5) is 5.69 Å². The van der Waals surface area contributed by atoms with Crippen molar-refractivity contribution in [1.82, 2.24) is 20.0 Å². The molecule has 2 aromatic carbocycles. The van der Waals surface area contributed by atoms with Crippen molar-refractivity contribution in [2.75, 3.05) is 5.32 Å². The summed E-state index contributed by atoms with van der Waals surface area (Å²) in [5.41, 5.74) is 4.99. The van der Waals surface area contributed by atoms with E-state index in [9.17, 15) is 4.79 Å². The lowest BCUT2D eigenvalue weighted by Gasteiger charge is -2.08. The first kappa shape index (κ1) is 21.2. The summed E-state index contributed by atoms with van der Waals surface area (Å²) in [6, 6.07) is 20.9. The smallest absolute Gasteiger partial charge is 0.238 e. The van der Waals surface area contributed by atoms with E-state index >= 15 is 0 Å². The molecular weight excluding hydrogens is 402 g/mol. The van der Waals surface area contributed by atoms with E-state index in [2.05, 4.69) is 26.7 Å². The Morgan fingerprint density at radius 1 is 0.969 bits per heavy atom. The van der Waals surface area contributed by atoms with Gasteiger partial charge in [0.2, 0.25) is 11.8 Å². The second-order valence-electron chi connectivity index (χ2n) is 7.73. The molecule has 4 aromatic rings. The highest BCUT2D eigenvalue weighted by molar-refractivity contribution is 5.90. The zero-order valence-corrected chi connectivity index (χ0v) is 18.4. The Hall–Kier alpha value is -4.00. The van der Waals surface area contributed by atoms with Gasteiger partial charge >= 0.3 is 0 Å². The molecule has 0 aliphatic carbocycles. The second-order valence-corrected chi connectivity index (χ2v) is 7.73. The number of nitrogens with zero attached hydrogens (tertiary/aromatic N) is 4. The standard InChI is InChI=1S/C25H25N5O2/c1-17-5-4-6-20(15-17)7-13-24(31)26-21-8-10-22(11-9-21)32-25-14-12-23(27-28-25)30-19(3)16-18(2)29-30/h4-6,8-12,14-16H,7,13H2,1-3H3,(H,26,31). The van der Waals surface area contributed by atoms with Crippen molar-refractivity contribution >= 4 is 11.6 Å². The van der Waals surface area contributed by atoms with Gasteiger partial charge in [-0.05, 0) is 69.2 Å². The highest BCUT2D eigenvalue weighted by Crippen LogP contribution is 2.22. The van der Waals surface area contributed by atoms with Gasteiger partial charge in [0.15, 0.2) is 5.82 Å². The fourth-order valence-electron chi connectivity index (χ4n) is 3.42. The molecule has 32 heavy (non-hydrogen) atoms. The lowest BCUT2D eigenvalue weighted by atomic mass is 10.1. The number of ether oxygens (including phenoxy) is 1. The summed E-state index contributed by atoms with van der Waals surface area (Å²) >= 11 is 0. The van der Waals surface area contributed by atoms with Gasteiger partial charge in [-0.2, -0.15) is 5.10 Å². The number of amides is 1. The number of hydrogen-bond acceptors (Lipinski definition) is 5. The summed E-state index contributed by atoms with van der Waals surface area (Å²) in [7, 11) is 0. The molecule has 2 heterocycles. The maximum Gasteiger partial charge on any atom is 0.238 e. The topological polar surface area (TPSA) is 81.9 Å². The van der Waals surface area contributed by atoms with Crippen LogP contribution in [0.3, 0.4) is 0 Å². The molecule has 0 saturated heterocycles. The number of anilines is 1. The fraction of sp³-hybridized carbons (Fsp3) is 0.200. The van der Waals surface area contributed by atoms with Crippen molar-refractivity contribution in [2.45, 2.75) is 33.6 Å². The van der Waals surface area contributed by atoms with Crippen LogP contribution >= 0.6 is 0 Å². The lowest BCUT2D eigenvalue weighted by molar-refractivity contribution is -0.116. The number of rotatable bonds is 7. The molecule has 0 saturated carbocycles. The van der Waals surface area contributed by atoms with Crippen LogP contribution in [0.1, 0.15) is 28.9 Å². The molecule has 1 N–H and O–H groups in total. The zero-order chi connectivity index (χ0) is 22.5. The third-order valence-corrected chi connectivity index (χ3v) is 4.94. The summed E-state index contributed by atoms with van der Waals surface area (Å²) in [6.45, 7) is 5.95. The van der Waals surface area contributed by atoms with Gasteiger partial charge in [0.05, 0.1) is 5.69 Å². The van der Waals surface area contributed by atoms with E-state index in [1.54, 1.807) is 35.0 Å². The zero-order valence-electron chi connectivity index (χ0n) is 18.4. The maximum atomic E-state index is 12.3. The summed E-state index contributed by atoms with van der Waals surface area (Å²) in [6.07, 6.45) is 1.14. The van der Waals surface area contributed by atoms with Crippen molar-refractivity contribution < 1.29 is 9.53 Å². The molecule has 0 unspecified atom stereocenters.